The van der Waals surface area contributed by atoms with Crippen LogP contribution in [0, 0.1) is 0 Å². The van der Waals surface area contributed by atoms with E-state index in [2.05, 4.69) is 24.4 Å². The molecule has 0 aliphatic heterocycles. The number of ether oxygens (including phenoxy) is 2. The lowest BCUT2D eigenvalue weighted by molar-refractivity contribution is -0.154. The molecule has 6 nitrogen and oxygen atoms in total. The number of rotatable bonds is 5. The van der Waals surface area contributed by atoms with Gasteiger partial charge < -0.3 is 15.2 Å². The van der Waals surface area contributed by atoms with Gasteiger partial charge in [-0.2, -0.15) is 23.1 Å². The fourth-order valence-electron chi connectivity index (χ4n) is 0.820. The molecule has 0 fully saturated rings. The molecule has 11 heteroatoms. The molecule has 1 heterocycles. The summed E-state index contributed by atoms with van der Waals surface area (Å²) in [5.41, 5.74) is 5.15. The summed E-state index contributed by atoms with van der Waals surface area (Å²) in [5, 5.41) is 0. The molecule has 0 saturated heterocycles. The summed E-state index contributed by atoms with van der Waals surface area (Å²) in [7, 11) is 0. The van der Waals surface area contributed by atoms with Gasteiger partial charge in [0.2, 0.25) is 5.95 Å². The van der Waals surface area contributed by atoms with E-state index in [1.807, 2.05) is 0 Å². The number of hydrogen-bond donors (Lipinski definition) is 1. The number of halogens is 5. The van der Waals surface area contributed by atoms with Crippen LogP contribution in [0.1, 0.15) is 6.92 Å². The number of nitrogens with zero attached hydrogens (tertiary/aromatic N) is 3. The van der Waals surface area contributed by atoms with Crippen LogP contribution < -0.4 is 15.2 Å². The number of hydrogen-bond acceptors (Lipinski definition) is 6. The van der Waals surface area contributed by atoms with Crippen LogP contribution in [0.5, 0.6) is 12.0 Å². The third kappa shape index (κ3) is 6.52. The third-order valence-corrected chi connectivity index (χ3v) is 1.43. The Morgan fingerprint density at radius 2 is 1.42 bits per heavy atom. The molecule has 0 unspecified atom stereocenters. The first kappa shape index (κ1) is 15.1. The van der Waals surface area contributed by atoms with Crippen molar-refractivity contribution in [1.82, 2.24) is 15.0 Å². The van der Waals surface area contributed by atoms with Crippen LogP contribution in [0.4, 0.5) is 27.9 Å². The van der Waals surface area contributed by atoms with Crippen molar-refractivity contribution in [3.8, 4) is 12.0 Å². The van der Waals surface area contributed by atoms with Crippen molar-refractivity contribution >= 4 is 5.95 Å². The van der Waals surface area contributed by atoms with Crippen LogP contribution in [0.25, 0.3) is 0 Å². The second-order valence-corrected chi connectivity index (χ2v) is 3.52. The highest BCUT2D eigenvalue weighted by Crippen LogP contribution is 2.18. The molecule has 0 atom stereocenters. The molecule has 1 aromatic heterocycles. The Hall–Kier alpha value is -1.94. The predicted molar refractivity (Wildman–Crippen MR) is 51.9 cm³/mol. The SMILES string of the molecule is CC(F)(F)COc1nc(N)nc(OCC(F)(F)F)n1. The topological polar surface area (TPSA) is 83.2 Å². The van der Waals surface area contributed by atoms with Gasteiger partial charge in [0.25, 0.3) is 5.92 Å². The van der Waals surface area contributed by atoms with Gasteiger partial charge in [-0.1, -0.05) is 0 Å². The lowest BCUT2D eigenvalue weighted by Crippen LogP contribution is -2.23. The molecule has 0 amide bonds. The van der Waals surface area contributed by atoms with Gasteiger partial charge in [0.05, 0.1) is 0 Å². The zero-order valence-corrected chi connectivity index (χ0v) is 9.54. The lowest BCUT2D eigenvalue weighted by Gasteiger charge is -2.11. The average molecular weight is 288 g/mol. The van der Waals surface area contributed by atoms with Gasteiger partial charge in [-0.05, 0) is 0 Å². The Bertz CT molecular complexity index is 398. The molecule has 0 bridgehead atoms. The lowest BCUT2D eigenvalue weighted by atomic mass is 10.4. The smallest absolute Gasteiger partial charge is 0.422 e. The molecule has 19 heavy (non-hydrogen) atoms. The van der Waals surface area contributed by atoms with Gasteiger partial charge in [0.1, 0.15) is 0 Å². The maximum Gasteiger partial charge on any atom is 0.422 e. The molecule has 108 valence electrons. The van der Waals surface area contributed by atoms with Gasteiger partial charge >= 0.3 is 18.2 Å². The monoisotopic (exact) mass is 288 g/mol. The highest BCUT2D eigenvalue weighted by atomic mass is 19.4. The fraction of sp³-hybridized carbons (Fsp3) is 0.625. The normalized spacial score (nSPS) is 12.3. The Morgan fingerprint density at radius 3 is 1.84 bits per heavy atom. The summed E-state index contributed by atoms with van der Waals surface area (Å²) in [6.45, 7) is -2.13. The summed E-state index contributed by atoms with van der Waals surface area (Å²) in [6, 6.07) is -1.41. The number of nitrogens with two attached hydrogens (primary N) is 1. The first-order valence-corrected chi connectivity index (χ1v) is 4.77. The van der Waals surface area contributed by atoms with Crippen LogP contribution in [0.15, 0.2) is 0 Å². The summed E-state index contributed by atoms with van der Waals surface area (Å²) in [4.78, 5) is 9.83. The van der Waals surface area contributed by atoms with Crippen molar-refractivity contribution in [2.75, 3.05) is 18.9 Å². The number of aromatic nitrogens is 3. The van der Waals surface area contributed by atoms with Gasteiger partial charge in [0, 0.05) is 6.92 Å². The van der Waals surface area contributed by atoms with Crippen molar-refractivity contribution in [2.45, 2.75) is 19.0 Å². The Morgan fingerprint density at radius 1 is 0.947 bits per heavy atom. The van der Waals surface area contributed by atoms with Crippen molar-refractivity contribution in [2.24, 2.45) is 0 Å². The summed E-state index contributed by atoms with van der Waals surface area (Å²) in [6.07, 6.45) is -4.60. The van der Waals surface area contributed by atoms with Crippen LogP contribution in [0.3, 0.4) is 0 Å². The van der Waals surface area contributed by atoms with E-state index in [0.717, 1.165) is 0 Å². The maximum absolute atomic E-state index is 12.5. The second kappa shape index (κ2) is 5.36. The van der Waals surface area contributed by atoms with Crippen LogP contribution in [-0.4, -0.2) is 40.3 Å². The van der Waals surface area contributed by atoms with Crippen molar-refractivity contribution in [3.05, 3.63) is 0 Å². The fourth-order valence-corrected chi connectivity index (χ4v) is 0.820. The Balaban J connectivity index is 2.71. The Kier molecular flexibility index (Phi) is 4.27. The second-order valence-electron chi connectivity index (χ2n) is 3.52. The average Bonchev–Trinajstić information content (AvgIpc) is 2.21. The van der Waals surface area contributed by atoms with E-state index in [4.69, 9.17) is 5.73 Å². The molecular weight excluding hydrogens is 279 g/mol. The van der Waals surface area contributed by atoms with Gasteiger partial charge in [-0.3, -0.25) is 0 Å². The minimum Gasteiger partial charge on any atom is -0.457 e. The van der Waals surface area contributed by atoms with E-state index < -0.39 is 43.3 Å². The molecule has 0 saturated carbocycles. The Labute approximate surface area is 103 Å². The first-order valence-electron chi connectivity index (χ1n) is 4.77. The van der Waals surface area contributed by atoms with E-state index in [9.17, 15) is 22.0 Å². The molecule has 0 aliphatic carbocycles. The minimum atomic E-state index is -4.60. The zero-order valence-electron chi connectivity index (χ0n) is 9.54. The molecule has 0 aliphatic rings. The highest BCUT2D eigenvalue weighted by molar-refractivity contribution is 5.20. The molecule has 1 aromatic rings. The van der Waals surface area contributed by atoms with Crippen molar-refractivity contribution in [3.63, 3.8) is 0 Å². The highest BCUT2D eigenvalue weighted by Gasteiger charge is 2.29. The van der Waals surface area contributed by atoms with E-state index in [-0.39, 0.29) is 0 Å². The zero-order chi connectivity index (χ0) is 14.7. The predicted octanol–water partition coefficient (Wildman–Crippen LogP) is 1.43. The summed E-state index contributed by atoms with van der Waals surface area (Å²) in [5.74, 6) is -3.67. The van der Waals surface area contributed by atoms with E-state index in [1.54, 1.807) is 0 Å². The van der Waals surface area contributed by atoms with Crippen LogP contribution in [-0.2, 0) is 0 Å². The van der Waals surface area contributed by atoms with E-state index in [1.165, 1.54) is 0 Å². The first-order chi connectivity index (χ1) is 8.55. The quantitative estimate of drug-likeness (QED) is 0.825. The minimum absolute atomic E-state index is 0.512. The van der Waals surface area contributed by atoms with Gasteiger partial charge in [-0.25, -0.2) is 8.78 Å². The number of alkyl halides is 5. The van der Waals surface area contributed by atoms with E-state index in [0.29, 0.717) is 6.92 Å². The largest absolute Gasteiger partial charge is 0.457 e. The number of anilines is 1. The standard InChI is InChI=1S/C8H9F5N4O2/c1-7(9,10)2-18-5-15-4(14)16-6(17-5)19-3-8(11,12)13/h2-3H2,1H3,(H2,14,15,16,17). The van der Waals surface area contributed by atoms with Gasteiger partial charge in [0.15, 0.2) is 13.2 Å². The molecule has 0 radical (unpaired) electrons. The summed E-state index contributed by atoms with van der Waals surface area (Å²) >= 11 is 0. The number of nitrogen functional groups attached to an aromatic ring is 1. The summed E-state index contributed by atoms with van der Waals surface area (Å²) < 4.78 is 69.3. The van der Waals surface area contributed by atoms with Crippen molar-refractivity contribution in [1.29, 1.82) is 0 Å². The van der Waals surface area contributed by atoms with Crippen LogP contribution in [0.2, 0.25) is 0 Å². The maximum atomic E-state index is 12.5. The molecular formula is C8H9F5N4O2. The molecule has 1 rings (SSSR count). The molecule has 0 aromatic carbocycles. The van der Waals surface area contributed by atoms with Crippen molar-refractivity contribution < 1.29 is 31.4 Å². The third-order valence-electron chi connectivity index (χ3n) is 1.43. The van der Waals surface area contributed by atoms with Crippen LogP contribution >= 0.6 is 0 Å². The molecule has 0 spiro atoms. The van der Waals surface area contributed by atoms with Gasteiger partial charge in [-0.15, -0.1) is 4.98 Å². The van der Waals surface area contributed by atoms with E-state index >= 15 is 0 Å². The molecule has 2 N–H and O–H groups in total.